The van der Waals surface area contributed by atoms with Gasteiger partial charge in [-0.3, -0.25) is 9.89 Å². The van der Waals surface area contributed by atoms with Crippen LogP contribution in [0.3, 0.4) is 0 Å². The summed E-state index contributed by atoms with van der Waals surface area (Å²) in [5.74, 6) is 0.659. The third-order valence-electron chi connectivity index (χ3n) is 4.53. The Hall–Kier alpha value is -1.88. The highest BCUT2D eigenvalue weighted by Crippen LogP contribution is 2.29. The maximum atomic E-state index is 12.2. The number of nitrogens with one attached hydrogen (secondary N) is 2. The molecule has 0 bridgehead atoms. The molecular weight excluding hydrogens is 266 g/mol. The summed E-state index contributed by atoms with van der Waals surface area (Å²) in [4.78, 5) is 12.2. The lowest BCUT2D eigenvalue weighted by Crippen LogP contribution is -2.35. The van der Waals surface area contributed by atoms with Gasteiger partial charge in [0.2, 0.25) is 0 Å². The smallest absolute Gasteiger partial charge is 0.251 e. The van der Waals surface area contributed by atoms with E-state index in [-0.39, 0.29) is 12.5 Å². The maximum Gasteiger partial charge on any atom is 0.251 e. The molecule has 112 valence electrons. The minimum atomic E-state index is -0.0613. The Labute approximate surface area is 123 Å². The van der Waals surface area contributed by atoms with Crippen molar-refractivity contribution >= 4 is 16.8 Å². The average Bonchev–Trinajstić information content (AvgIpc) is 3.00. The molecule has 5 nitrogen and oxygen atoms in total. The first-order valence-corrected chi connectivity index (χ1v) is 7.60. The number of amides is 1. The van der Waals surface area contributed by atoms with Gasteiger partial charge in [-0.15, -0.1) is 0 Å². The summed E-state index contributed by atoms with van der Waals surface area (Å²) in [6.45, 7) is 0.867. The normalized spacial score (nSPS) is 22.3. The van der Waals surface area contributed by atoms with Crippen LogP contribution in [0.4, 0.5) is 0 Å². The number of hydrogen-bond donors (Lipinski definition) is 3. The number of nitrogens with zero attached hydrogens (tertiary/aromatic N) is 1. The Kier molecular flexibility index (Phi) is 4.20. The molecule has 0 spiro atoms. The molecule has 0 aliphatic heterocycles. The van der Waals surface area contributed by atoms with E-state index in [1.54, 1.807) is 6.20 Å². The van der Waals surface area contributed by atoms with Gasteiger partial charge in [0.1, 0.15) is 0 Å². The van der Waals surface area contributed by atoms with Crippen LogP contribution in [0.15, 0.2) is 24.4 Å². The molecule has 1 amide bonds. The van der Waals surface area contributed by atoms with Crippen LogP contribution in [-0.2, 0) is 0 Å². The number of H-pyrrole nitrogens is 1. The molecule has 2 atom stereocenters. The molecule has 1 aliphatic rings. The van der Waals surface area contributed by atoms with Gasteiger partial charge in [-0.05, 0) is 36.8 Å². The molecule has 2 aromatic rings. The SMILES string of the molecule is O=C(NCC1CCCCC1CO)c1ccc2cn[nH]c2c1. The lowest BCUT2D eigenvalue weighted by Gasteiger charge is -2.30. The van der Waals surface area contributed by atoms with Crippen LogP contribution in [0, 0.1) is 11.8 Å². The summed E-state index contributed by atoms with van der Waals surface area (Å²) in [5.41, 5.74) is 1.51. The van der Waals surface area contributed by atoms with Crippen molar-refractivity contribution in [3.63, 3.8) is 0 Å². The predicted molar refractivity (Wildman–Crippen MR) is 81.0 cm³/mol. The first kappa shape index (κ1) is 14.1. The topological polar surface area (TPSA) is 78.0 Å². The van der Waals surface area contributed by atoms with Gasteiger partial charge in [0.25, 0.3) is 5.91 Å². The number of aliphatic hydroxyl groups excluding tert-OH is 1. The van der Waals surface area contributed by atoms with E-state index in [9.17, 15) is 9.90 Å². The fourth-order valence-electron chi connectivity index (χ4n) is 3.20. The molecule has 3 rings (SSSR count). The van der Waals surface area contributed by atoms with Crippen molar-refractivity contribution in [3.8, 4) is 0 Å². The van der Waals surface area contributed by atoms with Gasteiger partial charge in [0, 0.05) is 24.1 Å². The summed E-state index contributed by atoms with van der Waals surface area (Å²) >= 11 is 0. The number of fused-ring (bicyclic) bond motifs is 1. The number of aromatic amines is 1. The van der Waals surface area contributed by atoms with E-state index in [0.29, 0.717) is 23.9 Å². The highest BCUT2D eigenvalue weighted by atomic mass is 16.3. The number of carbonyl (C=O) groups is 1. The fraction of sp³-hybridized carbons (Fsp3) is 0.500. The van der Waals surface area contributed by atoms with Crippen LogP contribution in [0.2, 0.25) is 0 Å². The second-order valence-corrected chi connectivity index (χ2v) is 5.87. The molecule has 1 aromatic carbocycles. The van der Waals surface area contributed by atoms with Crippen molar-refractivity contribution in [1.82, 2.24) is 15.5 Å². The van der Waals surface area contributed by atoms with Crippen molar-refractivity contribution in [2.75, 3.05) is 13.2 Å². The largest absolute Gasteiger partial charge is 0.396 e. The van der Waals surface area contributed by atoms with Crippen LogP contribution >= 0.6 is 0 Å². The number of carbonyl (C=O) groups excluding carboxylic acids is 1. The zero-order valence-electron chi connectivity index (χ0n) is 12.0. The fourth-order valence-corrected chi connectivity index (χ4v) is 3.20. The molecular formula is C16H21N3O2. The number of aromatic nitrogens is 2. The Morgan fingerprint density at radius 2 is 2.14 bits per heavy atom. The van der Waals surface area contributed by atoms with Crippen molar-refractivity contribution in [2.24, 2.45) is 11.8 Å². The van der Waals surface area contributed by atoms with Crippen LogP contribution in [0.5, 0.6) is 0 Å². The summed E-state index contributed by atoms with van der Waals surface area (Å²) in [6, 6.07) is 5.53. The summed E-state index contributed by atoms with van der Waals surface area (Å²) < 4.78 is 0. The molecule has 1 saturated carbocycles. The molecule has 0 saturated heterocycles. The zero-order chi connectivity index (χ0) is 14.7. The molecule has 21 heavy (non-hydrogen) atoms. The van der Waals surface area contributed by atoms with Gasteiger partial charge in [0.15, 0.2) is 0 Å². The Morgan fingerprint density at radius 3 is 2.95 bits per heavy atom. The van der Waals surface area contributed by atoms with Crippen LogP contribution in [0.1, 0.15) is 36.0 Å². The first-order valence-electron chi connectivity index (χ1n) is 7.60. The molecule has 1 aliphatic carbocycles. The zero-order valence-corrected chi connectivity index (χ0v) is 12.0. The highest BCUT2D eigenvalue weighted by molar-refractivity contribution is 5.97. The third-order valence-corrected chi connectivity index (χ3v) is 4.53. The number of rotatable bonds is 4. The van der Waals surface area contributed by atoms with Crippen molar-refractivity contribution in [3.05, 3.63) is 30.0 Å². The van der Waals surface area contributed by atoms with Crippen molar-refractivity contribution in [2.45, 2.75) is 25.7 Å². The lowest BCUT2D eigenvalue weighted by atomic mass is 9.79. The average molecular weight is 287 g/mol. The quantitative estimate of drug-likeness (QED) is 0.805. The Balaban J connectivity index is 1.62. The lowest BCUT2D eigenvalue weighted by molar-refractivity contribution is 0.0909. The van der Waals surface area contributed by atoms with Gasteiger partial charge in [-0.25, -0.2) is 0 Å². The molecule has 1 fully saturated rings. The molecule has 1 heterocycles. The van der Waals surface area contributed by atoms with Gasteiger partial charge < -0.3 is 10.4 Å². The second kappa shape index (κ2) is 6.26. The highest BCUT2D eigenvalue weighted by Gasteiger charge is 2.24. The van der Waals surface area contributed by atoms with Crippen LogP contribution in [-0.4, -0.2) is 34.4 Å². The van der Waals surface area contributed by atoms with Gasteiger partial charge >= 0.3 is 0 Å². The molecule has 0 radical (unpaired) electrons. The number of benzene rings is 1. The van der Waals surface area contributed by atoms with Crippen molar-refractivity contribution in [1.29, 1.82) is 0 Å². The van der Waals surface area contributed by atoms with E-state index in [0.717, 1.165) is 23.7 Å². The molecule has 2 unspecified atom stereocenters. The maximum absolute atomic E-state index is 12.2. The predicted octanol–water partition coefficient (Wildman–Crippen LogP) is 2.09. The Bertz CT molecular complexity index is 623. The van der Waals surface area contributed by atoms with E-state index >= 15 is 0 Å². The minimum Gasteiger partial charge on any atom is -0.396 e. The monoisotopic (exact) mass is 287 g/mol. The molecule has 3 N–H and O–H groups in total. The second-order valence-electron chi connectivity index (χ2n) is 5.87. The van der Waals surface area contributed by atoms with E-state index in [4.69, 9.17) is 0 Å². The van der Waals surface area contributed by atoms with Crippen LogP contribution < -0.4 is 5.32 Å². The van der Waals surface area contributed by atoms with E-state index in [1.165, 1.54) is 12.8 Å². The van der Waals surface area contributed by atoms with E-state index in [2.05, 4.69) is 15.5 Å². The summed E-state index contributed by atoms with van der Waals surface area (Å²) in [5, 5.41) is 20.3. The van der Waals surface area contributed by atoms with Crippen LogP contribution in [0.25, 0.3) is 10.9 Å². The first-order chi connectivity index (χ1) is 10.3. The van der Waals surface area contributed by atoms with Crippen molar-refractivity contribution < 1.29 is 9.90 Å². The molecule has 1 aromatic heterocycles. The van der Waals surface area contributed by atoms with Gasteiger partial charge in [-0.2, -0.15) is 5.10 Å². The standard InChI is InChI=1S/C16H21N3O2/c20-10-14-4-2-1-3-12(14)8-17-16(21)11-5-6-13-9-18-19-15(13)7-11/h5-7,9,12,14,20H,1-4,8,10H2,(H,17,21)(H,18,19). The minimum absolute atomic E-state index is 0.0613. The third kappa shape index (κ3) is 3.08. The summed E-state index contributed by atoms with van der Waals surface area (Å²) in [6.07, 6.45) is 6.27. The number of hydrogen-bond acceptors (Lipinski definition) is 3. The van der Waals surface area contributed by atoms with Gasteiger partial charge in [-0.1, -0.05) is 18.9 Å². The van der Waals surface area contributed by atoms with E-state index < -0.39 is 0 Å². The summed E-state index contributed by atoms with van der Waals surface area (Å²) in [7, 11) is 0. The van der Waals surface area contributed by atoms with E-state index in [1.807, 2.05) is 18.2 Å². The van der Waals surface area contributed by atoms with Gasteiger partial charge in [0.05, 0.1) is 11.7 Å². The Morgan fingerprint density at radius 1 is 1.33 bits per heavy atom. The molecule has 5 heteroatoms. The number of aliphatic hydroxyl groups is 1.